The van der Waals surface area contributed by atoms with Crippen molar-refractivity contribution in [2.75, 3.05) is 13.7 Å². The maximum Gasteiger partial charge on any atom is 0.333 e. The van der Waals surface area contributed by atoms with E-state index >= 15 is 0 Å². The Morgan fingerprint density at radius 1 is 1.44 bits per heavy atom. The number of methoxy groups -OCH3 is 1. The first-order valence-corrected chi connectivity index (χ1v) is 6.10. The Bertz CT molecular complexity index is 438. The van der Waals surface area contributed by atoms with Gasteiger partial charge in [0.1, 0.15) is 0 Å². The number of nitrogens with one attached hydrogen (secondary N) is 1. The highest BCUT2D eigenvalue weighted by atomic mass is 16.5. The third-order valence-electron chi connectivity index (χ3n) is 2.99. The molecule has 0 aliphatic rings. The van der Waals surface area contributed by atoms with Crippen LogP contribution in [0, 0.1) is 6.92 Å². The molecule has 0 amide bonds. The van der Waals surface area contributed by atoms with Gasteiger partial charge in [0.05, 0.1) is 7.11 Å². The lowest BCUT2D eigenvalue weighted by atomic mass is 10.0. The molecule has 1 atom stereocenters. The number of carbonyl (C=O) groups is 1. The lowest BCUT2D eigenvalue weighted by Gasteiger charge is -2.15. The fourth-order valence-electron chi connectivity index (χ4n) is 1.82. The molecule has 0 heterocycles. The molecule has 0 aliphatic carbocycles. The number of carbonyl (C=O) groups excluding carboxylic acids is 1. The molecule has 1 aromatic rings. The fraction of sp³-hybridized carbons (Fsp3) is 0.400. The van der Waals surface area contributed by atoms with E-state index in [4.69, 9.17) is 0 Å². The molecule has 0 bridgehead atoms. The van der Waals surface area contributed by atoms with Crippen LogP contribution in [0.5, 0.6) is 0 Å². The van der Waals surface area contributed by atoms with Crippen LogP contribution in [0.4, 0.5) is 0 Å². The normalized spacial score (nSPS) is 13.2. The maximum atomic E-state index is 11.2. The van der Waals surface area contributed by atoms with Gasteiger partial charge in [-0.05, 0) is 31.9 Å². The van der Waals surface area contributed by atoms with Gasteiger partial charge in [-0.2, -0.15) is 0 Å². The van der Waals surface area contributed by atoms with E-state index in [-0.39, 0.29) is 12.0 Å². The quantitative estimate of drug-likeness (QED) is 0.642. The maximum absolute atomic E-state index is 11.2. The number of benzene rings is 1. The lowest BCUT2D eigenvalue weighted by Crippen LogP contribution is -2.20. The average molecular weight is 247 g/mol. The summed E-state index contributed by atoms with van der Waals surface area (Å²) in [5, 5.41) is 3.37. The van der Waals surface area contributed by atoms with Gasteiger partial charge in [0, 0.05) is 18.2 Å². The van der Waals surface area contributed by atoms with Gasteiger partial charge in [-0.15, -0.1) is 0 Å². The minimum atomic E-state index is -0.277. The Labute approximate surface area is 109 Å². The van der Waals surface area contributed by atoms with E-state index in [0.29, 0.717) is 12.1 Å². The molecule has 0 saturated carbocycles. The van der Waals surface area contributed by atoms with Gasteiger partial charge in [-0.3, -0.25) is 0 Å². The van der Waals surface area contributed by atoms with Crippen molar-refractivity contribution < 1.29 is 9.53 Å². The van der Waals surface area contributed by atoms with Crippen molar-refractivity contribution in [1.82, 2.24) is 5.32 Å². The molecule has 3 heteroatoms. The van der Waals surface area contributed by atoms with Gasteiger partial charge in [-0.25, -0.2) is 4.79 Å². The summed E-state index contributed by atoms with van der Waals surface area (Å²) < 4.78 is 4.64. The van der Waals surface area contributed by atoms with Crippen LogP contribution in [0.15, 0.2) is 35.9 Å². The SMILES string of the molecule is COC(=O)/C(C)=C/CN[C@@H](C)c1ccccc1C. The van der Waals surface area contributed by atoms with Crippen molar-refractivity contribution in [1.29, 1.82) is 0 Å². The number of aryl methyl sites for hydroxylation is 1. The number of esters is 1. The molecule has 1 rings (SSSR count). The van der Waals surface area contributed by atoms with Crippen LogP contribution in [-0.2, 0) is 9.53 Å². The van der Waals surface area contributed by atoms with Crippen molar-refractivity contribution in [3.63, 3.8) is 0 Å². The topological polar surface area (TPSA) is 38.3 Å². The Morgan fingerprint density at radius 2 is 2.11 bits per heavy atom. The van der Waals surface area contributed by atoms with E-state index < -0.39 is 0 Å². The molecule has 0 aliphatic heterocycles. The summed E-state index contributed by atoms with van der Waals surface area (Å²) >= 11 is 0. The predicted molar refractivity (Wildman–Crippen MR) is 73.4 cm³/mol. The molecule has 1 aromatic carbocycles. The third kappa shape index (κ3) is 4.00. The summed E-state index contributed by atoms with van der Waals surface area (Å²) in [6.45, 7) is 6.62. The summed E-state index contributed by atoms with van der Waals surface area (Å²) in [4.78, 5) is 11.2. The summed E-state index contributed by atoms with van der Waals surface area (Å²) in [5.41, 5.74) is 3.18. The molecule has 0 saturated heterocycles. The van der Waals surface area contributed by atoms with Crippen molar-refractivity contribution >= 4 is 5.97 Å². The molecule has 18 heavy (non-hydrogen) atoms. The van der Waals surface area contributed by atoms with Crippen molar-refractivity contribution in [2.24, 2.45) is 0 Å². The van der Waals surface area contributed by atoms with Crippen LogP contribution in [0.3, 0.4) is 0 Å². The first kappa shape index (κ1) is 14.5. The average Bonchev–Trinajstić information content (AvgIpc) is 2.37. The van der Waals surface area contributed by atoms with E-state index in [2.05, 4.69) is 36.0 Å². The summed E-state index contributed by atoms with van der Waals surface area (Å²) in [6.07, 6.45) is 1.85. The molecule has 0 unspecified atom stereocenters. The monoisotopic (exact) mass is 247 g/mol. The molecule has 3 nitrogen and oxygen atoms in total. The standard InChI is InChI=1S/C15H21NO2/c1-11-7-5-6-8-14(11)13(3)16-10-9-12(2)15(17)18-4/h5-9,13,16H,10H2,1-4H3/b12-9+/t13-/m0/s1. The van der Waals surface area contributed by atoms with E-state index in [1.54, 1.807) is 6.92 Å². The zero-order chi connectivity index (χ0) is 13.5. The number of ether oxygens (including phenoxy) is 1. The van der Waals surface area contributed by atoms with Crippen LogP contribution in [0.2, 0.25) is 0 Å². The van der Waals surface area contributed by atoms with E-state index in [1.165, 1.54) is 18.2 Å². The molecule has 0 radical (unpaired) electrons. The van der Waals surface area contributed by atoms with Crippen LogP contribution < -0.4 is 5.32 Å². The highest BCUT2D eigenvalue weighted by Gasteiger charge is 2.07. The second-order valence-corrected chi connectivity index (χ2v) is 4.37. The van der Waals surface area contributed by atoms with Crippen LogP contribution in [0.25, 0.3) is 0 Å². The van der Waals surface area contributed by atoms with Gasteiger partial charge in [0.2, 0.25) is 0 Å². The smallest absolute Gasteiger partial charge is 0.333 e. The molecule has 1 N–H and O–H groups in total. The second-order valence-electron chi connectivity index (χ2n) is 4.37. The first-order chi connectivity index (χ1) is 8.56. The molecule has 0 aromatic heterocycles. The first-order valence-electron chi connectivity index (χ1n) is 6.10. The van der Waals surface area contributed by atoms with Crippen LogP contribution in [-0.4, -0.2) is 19.6 Å². The number of rotatable bonds is 5. The number of hydrogen-bond acceptors (Lipinski definition) is 3. The Morgan fingerprint density at radius 3 is 2.72 bits per heavy atom. The van der Waals surface area contributed by atoms with Crippen molar-refractivity contribution in [2.45, 2.75) is 26.8 Å². The van der Waals surface area contributed by atoms with Gasteiger partial charge >= 0.3 is 5.97 Å². The Kier molecular flexibility index (Phi) is 5.59. The summed E-state index contributed by atoms with van der Waals surface area (Å²) in [5.74, 6) is -0.277. The Hall–Kier alpha value is -1.61. The highest BCUT2D eigenvalue weighted by molar-refractivity contribution is 5.87. The second kappa shape index (κ2) is 6.97. The van der Waals surface area contributed by atoms with Gasteiger partial charge in [0.15, 0.2) is 0 Å². The minimum absolute atomic E-state index is 0.257. The molecular weight excluding hydrogens is 226 g/mol. The molecule has 0 spiro atoms. The van der Waals surface area contributed by atoms with Crippen molar-refractivity contribution in [3.8, 4) is 0 Å². The van der Waals surface area contributed by atoms with Gasteiger partial charge in [0.25, 0.3) is 0 Å². The zero-order valence-electron chi connectivity index (χ0n) is 11.5. The van der Waals surface area contributed by atoms with Gasteiger partial charge < -0.3 is 10.1 Å². The molecule has 98 valence electrons. The lowest BCUT2D eigenvalue weighted by molar-refractivity contribution is -0.136. The summed E-state index contributed by atoms with van der Waals surface area (Å²) in [7, 11) is 1.39. The Balaban J connectivity index is 2.55. The highest BCUT2D eigenvalue weighted by Crippen LogP contribution is 2.16. The van der Waals surface area contributed by atoms with Crippen LogP contribution in [0.1, 0.15) is 31.0 Å². The minimum Gasteiger partial charge on any atom is -0.466 e. The molecule has 0 fully saturated rings. The predicted octanol–water partition coefficient (Wildman–Crippen LogP) is 2.76. The van der Waals surface area contributed by atoms with E-state index in [0.717, 1.165) is 0 Å². The fourth-order valence-corrected chi connectivity index (χ4v) is 1.82. The molecular formula is C15H21NO2. The van der Waals surface area contributed by atoms with Crippen LogP contribution >= 0.6 is 0 Å². The third-order valence-corrected chi connectivity index (χ3v) is 2.99. The largest absolute Gasteiger partial charge is 0.466 e. The van der Waals surface area contributed by atoms with Gasteiger partial charge in [-0.1, -0.05) is 30.3 Å². The summed E-state index contributed by atoms with van der Waals surface area (Å²) in [6, 6.07) is 8.54. The zero-order valence-corrected chi connectivity index (χ0v) is 11.5. The van der Waals surface area contributed by atoms with E-state index in [9.17, 15) is 4.79 Å². The van der Waals surface area contributed by atoms with Crippen molar-refractivity contribution in [3.05, 3.63) is 47.0 Å². The van der Waals surface area contributed by atoms with E-state index in [1.807, 2.05) is 18.2 Å². The number of hydrogen-bond donors (Lipinski definition) is 1.